The van der Waals surface area contributed by atoms with E-state index in [9.17, 15) is 19.8 Å². The molecule has 3 fully saturated rings. The molecule has 3 aliphatic rings. The second kappa shape index (κ2) is 6.67. The number of hydrogen-bond donors (Lipinski definition) is 2. The first-order chi connectivity index (χ1) is 12.6. The molecular weight excluding hydrogens is 332 g/mol. The molecule has 140 valence electrons. The lowest BCUT2D eigenvalue weighted by molar-refractivity contribution is -0.141. The van der Waals surface area contributed by atoms with Gasteiger partial charge in [0.2, 0.25) is 11.8 Å². The number of aliphatic hydroxyl groups is 2. The number of carbonyl (C=O) groups is 2. The van der Waals surface area contributed by atoms with Crippen LogP contribution >= 0.6 is 0 Å². The number of piperidine rings is 1. The van der Waals surface area contributed by atoms with Gasteiger partial charge in [0.25, 0.3) is 0 Å². The van der Waals surface area contributed by atoms with E-state index in [4.69, 9.17) is 0 Å². The van der Waals surface area contributed by atoms with Gasteiger partial charge >= 0.3 is 0 Å². The summed E-state index contributed by atoms with van der Waals surface area (Å²) >= 11 is 0. The van der Waals surface area contributed by atoms with E-state index in [-0.39, 0.29) is 43.3 Å². The summed E-state index contributed by atoms with van der Waals surface area (Å²) in [5.41, 5.74) is 0.642. The van der Waals surface area contributed by atoms with E-state index in [0.717, 1.165) is 18.4 Å². The highest BCUT2D eigenvalue weighted by atomic mass is 16.3. The fourth-order valence-electron chi connectivity index (χ4n) is 5.05. The Hall–Kier alpha value is -1.92. The van der Waals surface area contributed by atoms with Crippen LogP contribution in [0.2, 0.25) is 0 Å². The van der Waals surface area contributed by atoms with Gasteiger partial charge < -0.3 is 20.0 Å². The predicted molar refractivity (Wildman–Crippen MR) is 95.2 cm³/mol. The summed E-state index contributed by atoms with van der Waals surface area (Å²) in [6, 6.07) is 9.91. The van der Waals surface area contributed by atoms with E-state index >= 15 is 0 Å². The van der Waals surface area contributed by atoms with Crippen molar-refractivity contribution < 1.29 is 19.8 Å². The highest BCUT2D eigenvalue weighted by Gasteiger charge is 2.71. The molecule has 0 bridgehead atoms. The van der Waals surface area contributed by atoms with Crippen LogP contribution in [0.15, 0.2) is 30.3 Å². The molecule has 6 nitrogen and oxygen atoms in total. The summed E-state index contributed by atoms with van der Waals surface area (Å²) in [6.07, 6.45) is 1.70. The Morgan fingerprint density at radius 2 is 2.00 bits per heavy atom. The SMILES string of the molecule is O=C1CCCCN1CC(=O)N1C[C@@H](O)[C@@]2(C1)[C@H](CO)[C@H]2c1ccccc1. The number of likely N-dealkylation sites (tertiary alicyclic amines) is 2. The highest BCUT2D eigenvalue weighted by molar-refractivity contribution is 5.85. The van der Waals surface area contributed by atoms with Gasteiger partial charge in [0.15, 0.2) is 0 Å². The van der Waals surface area contributed by atoms with Crippen molar-refractivity contribution in [2.45, 2.75) is 31.3 Å². The average Bonchev–Trinajstić information content (AvgIpc) is 3.19. The summed E-state index contributed by atoms with van der Waals surface area (Å²) in [6.45, 7) is 1.46. The Morgan fingerprint density at radius 1 is 1.23 bits per heavy atom. The molecule has 6 heteroatoms. The average molecular weight is 358 g/mol. The number of nitrogens with zero attached hydrogens (tertiary/aromatic N) is 2. The lowest BCUT2D eigenvalue weighted by Crippen LogP contribution is -2.44. The maximum absolute atomic E-state index is 12.7. The Kier molecular flexibility index (Phi) is 4.49. The van der Waals surface area contributed by atoms with Gasteiger partial charge in [0, 0.05) is 38.1 Å². The predicted octanol–water partition coefficient (Wildman–Crippen LogP) is 0.594. The second-order valence-corrected chi connectivity index (χ2v) is 7.85. The van der Waals surface area contributed by atoms with Gasteiger partial charge in [-0.15, -0.1) is 0 Å². The monoisotopic (exact) mass is 358 g/mol. The van der Waals surface area contributed by atoms with Crippen molar-refractivity contribution in [2.75, 3.05) is 32.8 Å². The van der Waals surface area contributed by atoms with Crippen LogP contribution in [0.4, 0.5) is 0 Å². The zero-order chi connectivity index (χ0) is 18.3. The number of aliphatic hydroxyl groups excluding tert-OH is 2. The zero-order valence-electron chi connectivity index (χ0n) is 14.9. The number of amides is 2. The summed E-state index contributed by atoms with van der Waals surface area (Å²) < 4.78 is 0. The zero-order valence-corrected chi connectivity index (χ0v) is 14.9. The first-order valence-corrected chi connectivity index (χ1v) is 9.47. The molecule has 26 heavy (non-hydrogen) atoms. The van der Waals surface area contributed by atoms with Crippen molar-refractivity contribution in [1.29, 1.82) is 0 Å². The van der Waals surface area contributed by atoms with Crippen molar-refractivity contribution in [3.8, 4) is 0 Å². The van der Waals surface area contributed by atoms with Crippen LogP contribution in [0, 0.1) is 11.3 Å². The molecule has 0 aromatic heterocycles. The standard InChI is InChI=1S/C20H26N2O4/c23-12-15-19(14-6-2-1-3-7-14)20(15)13-22(10-16(20)24)18(26)11-21-9-5-4-8-17(21)25/h1-3,6-7,15-16,19,23-24H,4-5,8-13H2/t15-,16-,19-,20-/m1/s1. The minimum atomic E-state index is -0.647. The van der Waals surface area contributed by atoms with Gasteiger partial charge in [0.1, 0.15) is 0 Å². The summed E-state index contributed by atoms with van der Waals surface area (Å²) in [7, 11) is 0. The molecular formula is C20H26N2O4. The van der Waals surface area contributed by atoms with E-state index in [2.05, 4.69) is 0 Å². The Balaban J connectivity index is 1.47. The minimum Gasteiger partial charge on any atom is -0.396 e. The normalized spacial score (nSPS) is 33.8. The molecule has 2 N–H and O–H groups in total. The van der Waals surface area contributed by atoms with Crippen LogP contribution in [-0.2, 0) is 9.59 Å². The van der Waals surface area contributed by atoms with Gasteiger partial charge in [-0.25, -0.2) is 0 Å². The van der Waals surface area contributed by atoms with Crippen LogP contribution in [0.1, 0.15) is 30.7 Å². The molecule has 1 spiro atoms. The maximum atomic E-state index is 12.7. The van der Waals surface area contributed by atoms with Gasteiger partial charge in [-0.1, -0.05) is 30.3 Å². The maximum Gasteiger partial charge on any atom is 0.242 e. The summed E-state index contributed by atoms with van der Waals surface area (Å²) in [5.74, 6) is -0.0279. The first kappa shape index (κ1) is 17.5. The van der Waals surface area contributed by atoms with Crippen molar-refractivity contribution in [3.05, 3.63) is 35.9 Å². The lowest BCUT2D eigenvalue weighted by Gasteiger charge is -2.28. The van der Waals surface area contributed by atoms with Gasteiger partial charge in [-0.05, 0) is 30.2 Å². The quantitative estimate of drug-likeness (QED) is 0.826. The number of carbonyl (C=O) groups excluding carboxylic acids is 2. The highest BCUT2D eigenvalue weighted by Crippen LogP contribution is 2.68. The number of benzene rings is 1. The summed E-state index contributed by atoms with van der Waals surface area (Å²) in [5, 5.41) is 20.6. The van der Waals surface area contributed by atoms with Gasteiger partial charge in [-0.3, -0.25) is 9.59 Å². The lowest BCUT2D eigenvalue weighted by atomic mass is 9.95. The van der Waals surface area contributed by atoms with E-state index in [0.29, 0.717) is 19.5 Å². The molecule has 0 radical (unpaired) electrons. The van der Waals surface area contributed by atoms with Crippen LogP contribution in [0.25, 0.3) is 0 Å². The molecule has 4 rings (SSSR count). The number of β-amino-alcohol motifs (C(OH)–C–C–N with tert-alkyl or cyclic N) is 1. The molecule has 4 atom stereocenters. The third-order valence-electron chi connectivity index (χ3n) is 6.50. The van der Waals surface area contributed by atoms with E-state index in [1.165, 1.54) is 0 Å². The van der Waals surface area contributed by atoms with Crippen LogP contribution in [0.5, 0.6) is 0 Å². The van der Waals surface area contributed by atoms with Gasteiger partial charge in [-0.2, -0.15) is 0 Å². The van der Waals surface area contributed by atoms with E-state index in [1.807, 2.05) is 30.3 Å². The molecule has 2 aliphatic heterocycles. The summed E-state index contributed by atoms with van der Waals surface area (Å²) in [4.78, 5) is 28.0. The molecule has 2 saturated heterocycles. The topological polar surface area (TPSA) is 81.1 Å². The fraction of sp³-hybridized carbons (Fsp3) is 0.600. The Morgan fingerprint density at radius 3 is 2.69 bits per heavy atom. The number of hydrogen-bond acceptors (Lipinski definition) is 4. The minimum absolute atomic E-state index is 0.00324. The molecule has 2 heterocycles. The van der Waals surface area contributed by atoms with Crippen molar-refractivity contribution >= 4 is 11.8 Å². The van der Waals surface area contributed by atoms with Crippen molar-refractivity contribution in [3.63, 3.8) is 0 Å². The molecule has 1 saturated carbocycles. The van der Waals surface area contributed by atoms with Crippen molar-refractivity contribution in [1.82, 2.24) is 9.80 Å². The second-order valence-electron chi connectivity index (χ2n) is 7.85. The first-order valence-electron chi connectivity index (χ1n) is 9.47. The Bertz CT molecular complexity index is 694. The number of rotatable bonds is 4. The molecule has 1 aromatic carbocycles. The van der Waals surface area contributed by atoms with Crippen LogP contribution in [0.3, 0.4) is 0 Å². The largest absolute Gasteiger partial charge is 0.396 e. The van der Waals surface area contributed by atoms with Gasteiger partial charge in [0.05, 0.1) is 12.6 Å². The third-order valence-corrected chi connectivity index (χ3v) is 6.50. The van der Waals surface area contributed by atoms with Crippen LogP contribution in [-0.4, -0.2) is 70.7 Å². The van der Waals surface area contributed by atoms with Crippen LogP contribution < -0.4 is 0 Å². The smallest absolute Gasteiger partial charge is 0.242 e. The third kappa shape index (κ3) is 2.72. The fourth-order valence-corrected chi connectivity index (χ4v) is 5.05. The van der Waals surface area contributed by atoms with E-state index in [1.54, 1.807) is 9.80 Å². The molecule has 0 unspecified atom stereocenters. The molecule has 2 amide bonds. The molecule has 1 aliphatic carbocycles. The Labute approximate surface area is 153 Å². The van der Waals surface area contributed by atoms with E-state index < -0.39 is 11.5 Å². The molecule has 1 aromatic rings. The van der Waals surface area contributed by atoms with Crippen molar-refractivity contribution in [2.24, 2.45) is 11.3 Å².